The molecule has 0 aliphatic carbocycles. The highest BCUT2D eigenvalue weighted by atomic mass is 19.3. The average Bonchev–Trinajstić information content (AvgIpc) is 2.71. The minimum absolute atomic E-state index is 0.00364. The number of hydrazone groups is 1. The summed E-state index contributed by atoms with van der Waals surface area (Å²) in [4.78, 5) is 31.9. The topological polar surface area (TPSA) is 77.9 Å². The number of halogens is 3. The van der Waals surface area contributed by atoms with Crippen LogP contribution in [0.5, 0.6) is 0 Å². The molecule has 1 N–H and O–H groups in total. The number of para-hydroxylation sites is 1. The maximum Gasteiger partial charge on any atom is 0.275 e. The van der Waals surface area contributed by atoms with E-state index in [0.29, 0.717) is 17.6 Å². The highest BCUT2D eigenvalue weighted by molar-refractivity contribution is 6.00. The number of amides is 2. The second kappa shape index (κ2) is 9.04. The van der Waals surface area contributed by atoms with Crippen LogP contribution in [-0.4, -0.2) is 60.1 Å². The summed E-state index contributed by atoms with van der Waals surface area (Å²) in [5.41, 5.74) is 1.06. The van der Waals surface area contributed by atoms with E-state index >= 15 is 0 Å². The van der Waals surface area contributed by atoms with Crippen LogP contribution in [0.3, 0.4) is 0 Å². The number of pyridine rings is 1. The second-order valence-corrected chi connectivity index (χ2v) is 6.96. The summed E-state index contributed by atoms with van der Waals surface area (Å²) in [6, 6.07) is 11.6. The number of aromatic nitrogens is 1. The lowest BCUT2D eigenvalue weighted by Crippen LogP contribution is -2.65. The number of benzene rings is 1. The number of hydrogen-bond donors (Lipinski definition) is 1. The van der Waals surface area contributed by atoms with E-state index in [1.54, 1.807) is 42.3 Å². The number of alkyl halides is 3. The Morgan fingerprint density at radius 1 is 1.27 bits per heavy atom. The Kier molecular flexibility index (Phi) is 6.46. The lowest BCUT2D eigenvalue weighted by atomic mass is 9.95. The van der Waals surface area contributed by atoms with Gasteiger partial charge >= 0.3 is 0 Å². The molecule has 10 heteroatoms. The first kappa shape index (κ1) is 21.4. The number of anilines is 1. The van der Waals surface area contributed by atoms with Gasteiger partial charge in [-0.25, -0.2) is 18.6 Å². The zero-order chi connectivity index (χ0) is 21.7. The van der Waals surface area contributed by atoms with Crippen molar-refractivity contribution in [3.8, 4) is 0 Å². The lowest BCUT2D eigenvalue weighted by molar-refractivity contribution is -0.140. The Morgan fingerprint density at radius 3 is 2.53 bits per heavy atom. The average molecular weight is 419 g/mol. The normalized spacial score (nSPS) is 15.8. The summed E-state index contributed by atoms with van der Waals surface area (Å²) in [5, 5.41) is 3.13. The van der Waals surface area contributed by atoms with E-state index in [0.717, 1.165) is 0 Å². The maximum atomic E-state index is 15.0. The van der Waals surface area contributed by atoms with Crippen molar-refractivity contribution in [2.45, 2.75) is 18.6 Å². The lowest BCUT2D eigenvalue weighted by Gasteiger charge is -2.43. The smallest absolute Gasteiger partial charge is 0.275 e. The first-order valence-corrected chi connectivity index (χ1v) is 9.09. The minimum Gasteiger partial charge on any atom is -0.304 e. The van der Waals surface area contributed by atoms with Gasteiger partial charge in [0.1, 0.15) is 0 Å². The molecule has 1 fully saturated rings. The summed E-state index contributed by atoms with van der Waals surface area (Å²) >= 11 is 0. The Bertz CT molecular complexity index is 916. The van der Waals surface area contributed by atoms with E-state index in [-0.39, 0.29) is 25.2 Å². The monoisotopic (exact) mass is 419 g/mol. The second-order valence-electron chi connectivity index (χ2n) is 6.96. The molecule has 0 radical (unpaired) electrons. The standard InChI is InChI=1S/C20H20F3N5O2/c1-27-12-20(23,13-27)19(30)28(16-5-3-2-4-6-16)11-15-8-7-14(9-24-15)18(29)26-25-10-17(21)22/h2-10,17H,11-13H2,1H3,(H,26,29)/b25-10+. The highest BCUT2D eigenvalue weighted by Gasteiger charge is 2.50. The van der Waals surface area contributed by atoms with Gasteiger partial charge < -0.3 is 4.90 Å². The predicted octanol–water partition coefficient (Wildman–Crippen LogP) is 2.25. The molecule has 7 nitrogen and oxygen atoms in total. The Hall–Kier alpha value is -3.27. The van der Waals surface area contributed by atoms with Gasteiger partial charge in [-0.2, -0.15) is 5.10 Å². The molecule has 0 bridgehead atoms. The maximum absolute atomic E-state index is 15.0. The quantitative estimate of drug-likeness (QED) is 0.552. The molecule has 0 saturated carbocycles. The van der Waals surface area contributed by atoms with Gasteiger partial charge in [0.15, 0.2) is 0 Å². The Morgan fingerprint density at radius 2 is 1.97 bits per heavy atom. The van der Waals surface area contributed by atoms with Crippen molar-refractivity contribution in [3.63, 3.8) is 0 Å². The summed E-state index contributed by atoms with van der Waals surface area (Å²) in [6.45, 7) is 0.0331. The summed E-state index contributed by atoms with van der Waals surface area (Å²) in [6.07, 6.45) is -1.24. The molecule has 0 spiro atoms. The molecule has 1 aliphatic heterocycles. The predicted molar refractivity (Wildman–Crippen MR) is 105 cm³/mol. The van der Waals surface area contributed by atoms with Crippen LogP contribution in [-0.2, 0) is 11.3 Å². The highest BCUT2D eigenvalue weighted by Crippen LogP contribution is 2.29. The molecule has 2 aromatic rings. The van der Waals surface area contributed by atoms with Gasteiger partial charge in [-0.1, -0.05) is 18.2 Å². The minimum atomic E-state index is -2.78. The molecular formula is C20H20F3N5O2. The third kappa shape index (κ3) is 5.01. The fraction of sp³-hybridized carbons (Fsp3) is 0.300. The van der Waals surface area contributed by atoms with E-state index in [2.05, 4.69) is 10.1 Å². The molecule has 1 aromatic heterocycles. The number of nitrogens with zero attached hydrogens (tertiary/aromatic N) is 4. The van der Waals surface area contributed by atoms with Gasteiger partial charge in [0.25, 0.3) is 18.2 Å². The third-order valence-corrected chi connectivity index (χ3v) is 4.50. The van der Waals surface area contributed by atoms with Gasteiger partial charge in [0, 0.05) is 25.0 Å². The molecule has 3 rings (SSSR count). The number of likely N-dealkylation sites (tertiary alicyclic amines) is 1. The fourth-order valence-corrected chi connectivity index (χ4v) is 3.11. The fourth-order valence-electron chi connectivity index (χ4n) is 3.11. The number of carbonyl (C=O) groups is 2. The molecule has 1 aliphatic rings. The molecule has 1 saturated heterocycles. The molecular weight excluding hydrogens is 399 g/mol. The zero-order valence-corrected chi connectivity index (χ0v) is 16.1. The molecule has 2 amide bonds. The van der Waals surface area contributed by atoms with E-state index in [1.165, 1.54) is 23.2 Å². The van der Waals surface area contributed by atoms with Crippen molar-refractivity contribution in [3.05, 3.63) is 59.9 Å². The Balaban J connectivity index is 1.75. The third-order valence-electron chi connectivity index (χ3n) is 4.50. The van der Waals surface area contributed by atoms with E-state index in [4.69, 9.17) is 0 Å². The van der Waals surface area contributed by atoms with E-state index < -0.39 is 23.9 Å². The van der Waals surface area contributed by atoms with Crippen molar-refractivity contribution < 1.29 is 22.8 Å². The molecule has 2 heterocycles. The van der Waals surface area contributed by atoms with Crippen LogP contribution >= 0.6 is 0 Å². The van der Waals surface area contributed by atoms with Crippen LogP contribution in [0.4, 0.5) is 18.9 Å². The van der Waals surface area contributed by atoms with Gasteiger partial charge in [0.05, 0.1) is 24.0 Å². The largest absolute Gasteiger partial charge is 0.304 e. The SMILES string of the molecule is CN1CC(F)(C(=O)N(Cc2ccc(C(=O)N/N=C/C(F)F)cn2)c2ccccc2)C1. The van der Waals surface area contributed by atoms with Crippen LogP contribution in [0.25, 0.3) is 0 Å². The van der Waals surface area contributed by atoms with Crippen LogP contribution in [0.1, 0.15) is 16.1 Å². The number of hydrogen-bond acceptors (Lipinski definition) is 5. The molecule has 0 atom stereocenters. The van der Waals surface area contributed by atoms with E-state index in [9.17, 15) is 22.8 Å². The zero-order valence-electron chi connectivity index (χ0n) is 16.1. The van der Waals surface area contributed by atoms with Crippen LogP contribution in [0.15, 0.2) is 53.8 Å². The first-order chi connectivity index (χ1) is 14.3. The summed E-state index contributed by atoms with van der Waals surface area (Å²) in [7, 11) is 1.73. The van der Waals surface area contributed by atoms with Crippen molar-refractivity contribution in [2.75, 3.05) is 25.0 Å². The van der Waals surface area contributed by atoms with Crippen molar-refractivity contribution >= 4 is 23.7 Å². The Labute approximate surface area is 171 Å². The summed E-state index contributed by atoms with van der Waals surface area (Å²) < 4.78 is 39.0. The van der Waals surface area contributed by atoms with Gasteiger partial charge in [-0.05, 0) is 31.3 Å². The number of carbonyl (C=O) groups excluding carboxylic acids is 2. The first-order valence-electron chi connectivity index (χ1n) is 9.09. The van der Waals surface area contributed by atoms with Gasteiger partial charge in [-0.15, -0.1) is 0 Å². The van der Waals surface area contributed by atoms with Gasteiger partial charge in [0.2, 0.25) is 5.67 Å². The number of rotatable bonds is 7. The molecule has 158 valence electrons. The van der Waals surface area contributed by atoms with Crippen LogP contribution in [0, 0.1) is 0 Å². The van der Waals surface area contributed by atoms with E-state index in [1.807, 2.05) is 5.43 Å². The molecule has 0 unspecified atom stereocenters. The van der Waals surface area contributed by atoms with Gasteiger partial charge in [-0.3, -0.25) is 19.5 Å². The van der Waals surface area contributed by atoms with Crippen LogP contribution in [0.2, 0.25) is 0 Å². The summed E-state index contributed by atoms with van der Waals surface area (Å²) in [5.74, 6) is -1.36. The molecule has 1 aromatic carbocycles. The van der Waals surface area contributed by atoms with Crippen molar-refractivity contribution in [2.24, 2.45) is 5.10 Å². The number of nitrogens with one attached hydrogen (secondary N) is 1. The van der Waals surface area contributed by atoms with Crippen molar-refractivity contribution in [1.82, 2.24) is 15.3 Å². The molecule has 30 heavy (non-hydrogen) atoms. The van der Waals surface area contributed by atoms with Crippen LogP contribution < -0.4 is 10.3 Å². The van der Waals surface area contributed by atoms with Crippen molar-refractivity contribution in [1.29, 1.82) is 0 Å².